The molecule has 18 heavy (non-hydrogen) atoms. The Bertz CT molecular complexity index is 427. The Morgan fingerprint density at radius 3 is 1.83 bits per heavy atom. The molecule has 0 amide bonds. The van der Waals surface area contributed by atoms with E-state index in [4.69, 9.17) is 11.6 Å². The monoisotopic (exact) mass is 281 g/mol. The maximum absolute atomic E-state index is 6.09. The average Bonchev–Trinajstić information content (AvgIpc) is 2.63. The van der Waals surface area contributed by atoms with E-state index in [1.165, 1.54) is 0 Å². The standard InChI is InChI=1S/C15H24ClNSi/c1-11(2)18(12(3)4,13(5)6)8-7-14-9-17-10-15(14)16/h9-13,17H,1-6H3. The minimum atomic E-state index is -1.64. The average molecular weight is 282 g/mol. The normalized spacial score (nSPS) is 12.1. The molecule has 1 aromatic rings. The number of H-pyrrole nitrogens is 1. The highest BCUT2D eigenvalue weighted by atomic mass is 35.5. The number of hydrogen-bond donors (Lipinski definition) is 1. The second-order valence-electron chi connectivity index (χ2n) is 5.86. The van der Waals surface area contributed by atoms with Crippen LogP contribution in [0.3, 0.4) is 0 Å². The summed E-state index contributed by atoms with van der Waals surface area (Å²) in [5.41, 5.74) is 6.55. The smallest absolute Gasteiger partial charge is 0.146 e. The molecule has 3 heteroatoms. The molecule has 0 aliphatic rings. The first kappa shape index (κ1) is 15.4. The number of rotatable bonds is 3. The Hall–Kier alpha value is -0.653. The summed E-state index contributed by atoms with van der Waals surface area (Å²) in [6.07, 6.45) is 3.67. The van der Waals surface area contributed by atoms with Gasteiger partial charge < -0.3 is 4.98 Å². The Morgan fingerprint density at radius 1 is 1.00 bits per heavy atom. The third-order valence-electron chi connectivity index (χ3n) is 3.97. The highest BCUT2D eigenvalue weighted by molar-refractivity contribution is 6.90. The molecule has 0 aromatic carbocycles. The van der Waals surface area contributed by atoms with Crippen LogP contribution in [0.1, 0.15) is 47.1 Å². The molecule has 1 rings (SSSR count). The van der Waals surface area contributed by atoms with E-state index >= 15 is 0 Å². The highest BCUT2D eigenvalue weighted by Crippen LogP contribution is 2.40. The maximum Gasteiger partial charge on any atom is 0.146 e. The van der Waals surface area contributed by atoms with Gasteiger partial charge in [-0.15, -0.1) is 5.54 Å². The van der Waals surface area contributed by atoms with E-state index in [0.29, 0.717) is 16.6 Å². The van der Waals surface area contributed by atoms with Gasteiger partial charge in [0.25, 0.3) is 0 Å². The van der Waals surface area contributed by atoms with E-state index < -0.39 is 8.07 Å². The summed E-state index contributed by atoms with van der Waals surface area (Å²) < 4.78 is 0. The van der Waals surface area contributed by atoms with E-state index in [1.807, 2.05) is 6.20 Å². The molecule has 0 spiro atoms. The summed E-state index contributed by atoms with van der Waals surface area (Å²) >= 11 is 6.09. The van der Waals surface area contributed by atoms with Crippen molar-refractivity contribution < 1.29 is 0 Å². The molecule has 0 saturated carbocycles. The third kappa shape index (κ3) is 2.84. The van der Waals surface area contributed by atoms with Crippen molar-refractivity contribution in [3.63, 3.8) is 0 Å². The summed E-state index contributed by atoms with van der Waals surface area (Å²) in [6.45, 7) is 13.9. The van der Waals surface area contributed by atoms with Crippen molar-refractivity contribution in [3.05, 3.63) is 23.0 Å². The molecule has 100 valence electrons. The van der Waals surface area contributed by atoms with E-state index in [0.717, 1.165) is 10.6 Å². The highest BCUT2D eigenvalue weighted by Gasteiger charge is 2.41. The van der Waals surface area contributed by atoms with Crippen molar-refractivity contribution in [1.29, 1.82) is 0 Å². The van der Waals surface area contributed by atoms with Gasteiger partial charge >= 0.3 is 0 Å². The van der Waals surface area contributed by atoms with Gasteiger partial charge in [0.2, 0.25) is 0 Å². The van der Waals surface area contributed by atoms with Crippen LogP contribution >= 0.6 is 11.6 Å². The number of aromatic amines is 1. The Balaban J connectivity index is 3.22. The molecule has 0 fully saturated rings. The quantitative estimate of drug-likeness (QED) is 0.576. The largest absolute Gasteiger partial charge is 0.365 e. The summed E-state index contributed by atoms with van der Waals surface area (Å²) in [4.78, 5) is 3.00. The predicted octanol–water partition coefficient (Wildman–Crippen LogP) is 5.24. The van der Waals surface area contributed by atoms with Crippen LogP contribution in [-0.4, -0.2) is 13.1 Å². The van der Waals surface area contributed by atoms with Crippen molar-refractivity contribution in [2.75, 3.05) is 0 Å². The molecule has 0 aliphatic carbocycles. The Morgan fingerprint density at radius 2 is 1.50 bits per heavy atom. The lowest BCUT2D eigenvalue weighted by Gasteiger charge is -2.38. The van der Waals surface area contributed by atoms with Gasteiger partial charge in [0.1, 0.15) is 8.07 Å². The fraction of sp³-hybridized carbons (Fsp3) is 0.600. The molecular weight excluding hydrogens is 258 g/mol. The fourth-order valence-corrected chi connectivity index (χ4v) is 8.43. The van der Waals surface area contributed by atoms with Crippen molar-refractivity contribution in [3.8, 4) is 11.5 Å². The van der Waals surface area contributed by atoms with Crippen LogP contribution in [0.4, 0.5) is 0 Å². The van der Waals surface area contributed by atoms with Gasteiger partial charge in [0.05, 0.1) is 10.6 Å². The van der Waals surface area contributed by atoms with E-state index in [9.17, 15) is 0 Å². The van der Waals surface area contributed by atoms with Crippen molar-refractivity contribution in [1.82, 2.24) is 4.98 Å². The number of halogens is 1. The van der Waals surface area contributed by atoms with E-state index in [1.54, 1.807) is 6.20 Å². The zero-order chi connectivity index (χ0) is 13.9. The van der Waals surface area contributed by atoms with E-state index in [-0.39, 0.29) is 0 Å². The predicted molar refractivity (Wildman–Crippen MR) is 83.7 cm³/mol. The van der Waals surface area contributed by atoms with E-state index in [2.05, 4.69) is 58.0 Å². The summed E-state index contributed by atoms with van der Waals surface area (Å²) in [6, 6.07) is 0. The molecular formula is C15H24ClNSi. The van der Waals surface area contributed by atoms with Gasteiger partial charge in [-0.25, -0.2) is 0 Å². The third-order valence-corrected chi connectivity index (χ3v) is 10.6. The van der Waals surface area contributed by atoms with Crippen molar-refractivity contribution in [2.45, 2.75) is 58.2 Å². The Labute approximate surface area is 117 Å². The lowest BCUT2D eigenvalue weighted by molar-refractivity contribution is 0.838. The summed E-state index contributed by atoms with van der Waals surface area (Å²) in [5.74, 6) is 3.33. The minimum absolute atomic E-state index is 0.655. The van der Waals surface area contributed by atoms with Crippen LogP contribution < -0.4 is 0 Å². The lowest BCUT2D eigenvalue weighted by Crippen LogP contribution is -2.43. The molecule has 0 atom stereocenters. The number of nitrogens with one attached hydrogen (secondary N) is 1. The first-order valence-corrected chi connectivity index (χ1v) is 9.28. The zero-order valence-electron chi connectivity index (χ0n) is 12.3. The van der Waals surface area contributed by atoms with Crippen LogP contribution in [-0.2, 0) is 0 Å². The molecule has 0 saturated heterocycles. The lowest BCUT2D eigenvalue weighted by atomic mass is 10.4. The topological polar surface area (TPSA) is 15.8 Å². The fourth-order valence-electron chi connectivity index (χ4n) is 3.05. The molecule has 1 N–H and O–H groups in total. The second kappa shape index (κ2) is 5.99. The van der Waals surface area contributed by atoms with Crippen molar-refractivity contribution in [2.24, 2.45) is 0 Å². The van der Waals surface area contributed by atoms with Crippen LogP contribution in [0.2, 0.25) is 21.6 Å². The minimum Gasteiger partial charge on any atom is -0.365 e. The Kier molecular flexibility index (Phi) is 5.13. The molecule has 1 nitrogen and oxygen atoms in total. The molecule has 1 heterocycles. The van der Waals surface area contributed by atoms with Gasteiger partial charge in [-0.2, -0.15) is 0 Å². The van der Waals surface area contributed by atoms with Crippen molar-refractivity contribution >= 4 is 19.7 Å². The number of hydrogen-bond acceptors (Lipinski definition) is 0. The van der Waals surface area contributed by atoms with Crippen LogP contribution in [0.5, 0.6) is 0 Å². The number of aromatic nitrogens is 1. The molecule has 0 aliphatic heterocycles. The summed E-state index contributed by atoms with van der Waals surface area (Å²) in [5, 5.41) is 0.724. The summed E-state index contributed by atoms with van der Waals surface area (Å²) in [7, 11) is -1.64. The van der Waals surface area contributed by atoms with Gasteiger partial charge in [-0.3, -0.25) is 0 Å². The second-order valence-corrected chi connectivity index (χ2v) is 11.9. The first-order valence-electron chi connectivity index (χ1n) is 6.67. The molecule has 0 bridgehead atoms. The van der Waals surface area contributed by atoms with Crippen LogP contribution in [0, 0.1) is 11.5 Å². The first-order chi connectivity index (χ1) is 8.32. The van der Waals surface area contributed by atoms with Crippen LogP contribution in [0.25, 0.3) is 0 Å². The molecule has 1 aromatic heterocycles. The van der Waals surface area contributed by atoms with Gasteiger partial charge in [-0.05, 0) is 16.6 Å². The SMILES string of the molecule is CC(C)[Si](C#Cc1c[nH]cc1Cl)(C(C)C)C(C)C. The van der Waals surface area contributed by atoms with Gasteiger partial charge in [-0.1, -0.05) is 59.1 Å². The maximum atomic E-state index is 6.09. The van der Waals surface area contributed by atoms with Crippen LogP contribution in [0.15, 0.2) is 12.4 Å². The van der Waals surface area contributed by atoms with Gasteiger partial charge in [0, 0.05) is 12.4 Å². The van der Waals surface area contributed by atoms with Gasteiger partial charge in [0.15, 0.2) is 0 Å². The zero-order valence-corrected chi connectivity index (χ0v) is 14.0. The molecule has 0 unspecified atom stereocenters. The molecule has 0 radical (unpaired) electrons.